The van der Waals surface area contributed by atoms with Crippen molar-refractivity contribution in [3.05, 3.63) is 58.4 Å². The zero-order chi connectivity index (χ0) is 34.2. The first kappa shape index (κ1) is 34.4. The highest BCUT2D eigenvalue weighted by molar-refractivity contribution is 8.01. The Hall–Kier alpha value is -3.42. The van der Waals surface area contributed by atoms with E-state index in [-0.39, 0.29) is 47.4 Å². The molecule has 13 heteroatoms. The molecule has 6 rings (SSSR count). The number of carbonyl (C=O) groups is 2. The second-order valence-corrected chi connectivity index (χ2v) is 15.5. The van der Waals surface area contributed by atoms with Gasteiger partial charge in [0.1, 0.15) is 11.2 Å². The lowest BCUT2D eigenvalue weighted by Crippen LogP contribution is -2.53. The van der Waals surface area contributed by atoms with E-state index in [9.17, 15) is 14.4 Å². The number of thioether (sulfide) groups is 1. The molecule has 3 aromatic rings. The van der Waals surface area contributed by atoms with Crippen LogP contribution in [0.25, 0.3) is 11.2 Å². The van der Waals surface area contributed by atoms with Crippen molar-refractivity contribution >= 4 is 40.4 Å². The van der Waals surface area contributed by atoms with Gasteiger partial charge in [-0.3, -0.25) is 24.0 Å². The number of rotatable bonds is 9. The van der Waals surface area contributed by atoms with Gasteiger partial charge in [-0.25, -0.2) is 14.2 Å². The molecule has 3 aliphatic heterocycles. The summed E-state index contributed by atoms with van der Waals surface area (Å²) in [5.74, 6) is -0.495. The molecule has 1 aromatic carbocycles. The average molecular weight is 682 g/mol. The quantitative estimate of drug-likeness (QED) is 0.354. The first-order valence-electron chi connectivity index (χ1n) is 17.1. The van der Waals surface area contributed by atoms with Crippen LogP contribution in [0.2, 0.25) is 0 Å². The van der Waals surface area contributed by atoms with Gasteiger partial charge in [-0.1, -0.05) is 12.1 Å². The van der Waals surface area contributed by atoms with E-state index < -0.39 is 10.6 Å². The predicted octanol–water partition coefficient (Wildman–Crippen LogP) is 4.41. The van der Waals surface area contributed by atoms with Gasteiger partial charge in [0.15, 0.2) is 5.65 Å². The number of amides is 2. The molecule has 2 amide bonds. The summed E-state index contributed by atoms with van der Waals surface area (Å²) in [6.45, 7) is 15.2. The number of halogens is 1. The van der Waals surface area contributed by atoms with Gasteiger partial charge in [0, 0.05) is 75.6 Å². The van der Waals surface area contributed by atoms with Crippen molar-refractivity contribution in [2.45, 2.75) is 82.2 Å². The van der Waals surface area contributed by atoms with Crippen LogP contribution in [0.1, 0.15) is 70.9 Å². The zero-order valence-corrected chi connectivity index (χ0v) is 29.5. The van der Waals surface area contributed by atoms with Crippen molar-refractivity contribution in [2.75, 3.05) is 57.3 Å². The number of fused-ring (bicyclic) bond motifs is 1. The molecule has 48 heavy (non-hydrogen) atoms. The molecule has 3 fully saturated rings. The van der Waals surface area contributed by atoms with E-state index in [1.807, 2.05) is 36.9 Å². The van der Waals surface area contributed by atoms with E-state index in [0.29, 0.717) is 63.5 Å². The first-order valence-corrected chi connectivity index (χ1v) is 18.1. The van der Waals surface area contributed by atoms with Crippen molar-refractivity contribution in [1.29, 1.82) is 0 Å². The van der Waals surface area contributed by atoms with Gasteiger partial charge < -0.3 is 19.4 Å². The standard InChI is InChI=1S/C35H48FN7O4S/c1-23(2)47-21-20-42-32(45)28(22-29(44)39-14-11-24(12-15-39)43-27-10-7-13-37-31(27)38-34(43)46)48-33(42)25-8-6-9-26(36)30(25)40-16-18-41(19-17-40)35(3,4)5/h6-10,13,23-24,28,33H,11-12,14-22H2,1-5H3,(H,37,38,46)/t28-,33?/m1/s1. The van der Waals surface area contributed by atoms with Gasteiger partial charge in [0.05, 0.1) is 29.2 Å². The summed E-state index contributed by atoms with van der Waals surface area (Å²) in [6, 6.07) is 8.78. The third-order valence-corrected chi connectivity index (χ3v) is 11.2. The van der Waals surface area contributed by atoms with Crippen LogP contribution >= 0.6 is 11.8 Å². The van der Waals surface area contributed by atoms with E-state index in [0.717, 1.165) is 24.2 Å². The van der Waals surface area contributed by atoms with Crippen molar-refractivity contribution < 1.29 is 18.7 Å². The molecule has 0 bridgehead atoms. The molecule has 11 nitrogen and oxygen atoms in total. The molecular formula is C35H48FN7O4S. The minimum absolute atomic E-state index is 0.00864. The van der Waals surface area contributed by atoms with Gasteiger partial charge in [-0.15, -0.1) is 11.8 Å². The maximum absolute atomic E-state index is 15.7. The molecule has 1 N–H and O–H groups in total. The number of nitrogens with zero attached hydrogens (tertiary/aromatic N) is 6. The molecule has 0 spiro atoms. The van der Waals surface area contributed by atoms with Crippen molar-refractivity contribution in [1.82, 2.24) is 29.2 Å². The lowest BCUT2D eigenvalue weighted by molar-refractivity contribution is -0.137. The van der Waals surface area contributed by atoms with Gasteiger partial charge in [0.25, 0.3) is 0 Å². The summed E-state index contributed by atoms with van der Waals surface area (Å²) in [4.78, 5) is 55.6. The summed E-state index contributed by atoms with van der Waals surface area (Å²) >= 11 is 1.44. The van der Waals surface area contributed by atoms with Crippen LogP contribution in [-0.2, 0) is 14.3 Å². The highest BCUT2D eigenvalue weighted by atomic mass is 32.2. The van der Waals surface area contributed by atoms with Gasteiger partial charge in [-0.05, 0) is 65.7 Å². The molecule has 1 unspecified atom stereocenters. The normalized spacial score (nSPS) is 21.6. The van der Waals surface area contributed by atoms with Crippen molar-refractivity contribution in [3.63, 3.8) is 0 Å². The van der Waals surface area contributed by atoms with E-state index in [1.165, 1.54) is 17.8 Å². The Morgan fingerprint density at radius 2 is 1.79 bits per heavy atom. The van der Waals surface area contributed by atoms with E-state index in [1.54, 1.807) is 21.7 Å². The number of hydrogen-bond acceptors (Lipinski definition) is 8. The minimum atomic E-state index is -0.588. The topological polar surface area (TPSA) is 107 Å². The number of H-pyrrole nitrogens is 1. The Morgan fingerprint density at radius 1 is 1.06 bits per heavy atom. The number of likely N-dealkylation sites (tertiary alicyclic amines) is 1. The summed E-state index contributed by atoms with van der Waals surface area (Å²) in [5, 5.41) is -1.03. The maximum atomic E-state index is 15.7. The first-order chi connectivity index (χ1) is 22.9. The van der Waals surface area contributed by atoms with E-state index >= 15 is 4.39 Å². The second kappa shape index (κ2) is 14.2. The molecule has 0 aliphatic carbocycles. The highest BCUT2D eigenvalue weighted by Crippen LogP contribution is 2.48. The monoisotopic (exact) mass is 681 g/mol. The summed E-state index contributed by atoms with van der Waals surface area (Å²) < 4.78 is 23.3. The number of piperazine rings is 1. The fourth-order valence-corrected chi connectivity index (χ4v) is 8.72. The number of ether oxygens (including phenoxy) is 1. The number of imidazole rings is 1. The van der Waals surface area contributed by atoms with Gasteiger partial charge in [-0.2, -0.15) is 0 Å². The van der Waals surface area contributed by atoms with Gasteiger partial charge >= 0.3 is 5.69 Å². The number of pyridine rings is 1. The Labute approximate surface area is 285 Å². The molecule has 5 heterocycles. The van der Waals surface area contributed by atoms with Gasteiger partial charge in [0.2, 0.25) is 11.8 Å². The molecule has 0 radical (unpaired) electrons. The number of para-hydroxylation sites is 1. The van der Waals surface area contributed by atoms with E-state index in [2.05, 4.69) is 40.5 Å². The number of piperidine rings is 1. The molecule has 0 saturated carbocycles. The second-order valence-electron chi connectivity index (χ2n) is 14.2. The fourth-order valence-electron chi connectivity index (χ4n) is 7.23. The Morgan fingerprint density at radius 3 is 2.48 bits per heavy atom. The van der Waals surface area contributed by atoms with Crippen LogP contribution in [0.4, 0.5) is 10.1 Å². The Kier molecular flexibility index (Phi) is 10.2. The molecule has 3 aliphatic rings. The third-order valence-electron chi connectivity index (χ3n) is 9.78. The van der Waals surface area contributed by atoms with Crippen LogP contribution in [-0.4, -0.2) is 110 Å². The van der Waals surface area contributed by atoms with Crippen molar-refractivity contribution in [3.8, 4) is 0 Å². The largest absolute Gasteiger partial charge is 0.377 e. The Balaban J connectivity index is 1.17. The number of hydrogen-bond donors (Lipinski definition) is 1. The van der Waals surface area contributed by atoms with Crippen molar-refractivity contribution in [2.24, 2.45) is 0 Å². The molecule has 3 saturated heterocycles. The Bertz CT molecular complexity index is 1670. The number of nitrogens with one attached hydrogen (secondary N) is 1. The van der Waals surface area contributed by atoms with Crippen LogP contribution < -0.4 is 10.6 Å². The summed E-state index contributed by atoms with van der Waals surface area (Å²) in [5.41, 5.74) is 2.47. The summed E-state index contributed by atoms with van der Waals surface area (Å²) in [7, 11) is 0. The SMILES string of the molecule is CC(C)OCCN1C(=O)[C@@H](CC(=O)N2CCC(n3c(=O)[nH]c4ncccc43)CC2)SC1c1cccc(F)c1N1CCN(C(C)(C)C)CC1. The maximum Gasteiger partial charge on any atom is 0.327 e. The van der Waals surface area contributed by atoms with Crippen LogP contribution in [0, 0.1) is 5.82 Å². The number of aromatic amines is 1. The fraction of sp³-hybridized carbons (Fsp3) is 0.600. The van der Waals surface area contributed by atoms with Crippen LogP contribution in [0.3, 0.4) is 0 Å². The van der Waals surface area contributed by atoms with E-state index in [4.69, 9.17) is 4.74 Å². The predicted molar refractivity (Wildman–Crippen MR) is 187 cm³/mol. The zero-order valence-electron chi connectivity index (χ0n) is 28.7. The average Bonchev–Trinajstić information content (AvgIpc) is 3.55. The lowest BCUT2D eigenvalue weighted by atomic mass is 10.0. The highest BCUT2D eigenvalue weighted by Gasteiger charge is 2.44. The third kappa shape index (κ3) is 7.13. The molecule has 2 atom stereocenters. The van der Waals surface area contributed by atoms with Crippen LogP contribution in [0.15, 0.2) is 41.3 Å². The molecule has 260 valence electrons. The number of carbonyl (C=O) groups excluding carboxylic acids is 2. The number of benzene rings is 1. The molecule has 2 aromatic heterocycles. The lowest BCUT2D eigenvalue weighted by Gasteiger charge is -2.43. The summed E-state index contributed by atoms with van der Waals surface area (Å²) in [6.07, 6.45) is 3.00. The smallest absolute Gasteiger partial charge is 0.327 e. The minimum Gasteiger partial charge on any atom is -0.377 e. The molecular weight excluding hydrogens is 633 g/mol. The number of anilines is 1. The van der Waals surface area contributed by atoms with Crippen LogP contribution in [0.5, 0.6) is 0 Å². The number of aromatic nitrogens is 3.